The lowest BCUT2D eigenvalue weighted by Gasteiger charge is -2.24. The van der Waals surface area contributed by atoms with Crippen LogP contribution in [-0.4, -0.2) is 44.5 Å². The van der Waals surface area contributed by atoms with Gasteiger partial charge in [-0.1, -0.05) is 36.5 Å². The molecular formula is C24H31N3O2S. The van der Waals surface area contributed by atoms with E-state index in [1.165, 1.54) is 17.4 Å². The van der Waals surface area contributed by atoms with Crippen molar-refractivity contribution in [2.24, 2.45) is 4.99 Å². The van der Waals surface area contributed by atoms with Crippen LogP contribution in [0.5, 0.6) is 0 Å². The number of thioether (sulfide) groups is 1. The van der Waals surface area contributed by atoms with E-state index < -0.39 is 0 Å². The number of ether oxygens (including phenoxy) is 2. The summed E-state index contributed by atoms with van der Waals surface area (Å²) < 4.78 is 11.5. The van der Waals surface area contributed by atoms with Gasteiger partial charge < -0.3 is 20.2 Å². The molecule has 1 aromatic rings. The Morgan fingerprint density at radius 1 is 1.40 bits per heavy atom. The van der Waals surface area contributed by atoms with Crippen LogP contribution >= 0.6 is 11.8 Å². The summed E-state index contributed by atoms with van der Waals surface area (Å²) in [5.74, 6) is 0.840. The summed E-state index contributed by atoms with van der Waals surface area (Å²) in [4.78, 5) is 5.71. The molecule has 0 unspecified atom stereocenters. The second-order valence-electron chi connectivity index (χ2n) is 7.46. The molecule has 0 saturated carbocycles. The molecule has 1 aromatic carbocycles. The molecule has 0 aliphatic carbocycles. The fourth-order valence-corrected chi connectivity index (χ4v) is 4.25. The summed E-state index contributed by atoms with van der Waals surface area (Å²) >= 11 is 1.59. The zero-order valence-corrected chi connectivity index (χ0v) is 18.7. The number of hydrogen-bond donors (Lipinski definition) is 2. The van der Waals surface area contributed by atoms with Gasteiger partial charge in [-0.15, -0.1) is 0 Å². The van der Waals surface area contributed by atoms with Crippen LogP contribution in [0, 0.1) is 12.3 Å². The van der Waals surface area contributed by atoms with E-state index in [0.29, 0.717) is 12.7 Å². The molecule has 0 atom stereocenters. The van der Waals surface area contributed by atoms with E-state index in [4.69, 9.17) is 14.9 Å². The third-order valence-corrected chi connectivity index (χ3v) is 6.23. The van der Waals surface area contributed by atoms with Crippen molar-refractivity contribution in [3.63, 3.8) is 0 Å². The van der Waals surface area contributed by atoms with E-state index in [-0.39, 0.29) is 0 Å². The number of allylic oxidation sites excluding steroid dienone is 2. The Hall–Kier alpha value is -2.15. The molecule has 2 aliphatic heterocycles. The van der Waals surface area contributed by atoms with Gasteiger partial charge in [-0.3, -0.25) is 4.99 Å². The van der Waals surface area contributed by atoms with Gasteiger partial charge in [0.15, 0.2) is 0 Å². The van der Waals surface area contributed by atoms with Gasteiger partial charge in [0.1, 0.15) is 5.84 Å². The van der Waals surface area contributed by atoms with E-state index >= 15 is 0 Å². The van der Waals surface area contributed by atoms with Gasteiger partial charge in [-0.2, -0.15) is 0 Å². The number of hydrogen-bond acceptors (Lipinski definition) is 6. The molecule has 0 amide bonds. The molecule has 2 heterocycles. The first-order valence-electron chi connectivity index (χ1n) is 10.4. The van der Waals surface area contributed by atoms with Crippen molar-refractivity contribution >= 4 is 29.4 Å². The molecule has 1 fully saturated rings. The zero-order valence-electron chi connectivity index (χ0n) is 17.9. The summed E-state index contributed by atoms with van der Waals surface area (Å²) in [7, 11) is 0. The fourth-order valence-electron chi connectivity index (χ4n) is 3.41. The van der Waals surface area contributed by atoms with Gasteiger partial charge >= 0.3 is 0 Å². The van der Waals surface area contributed by atoms with Crippen LogP contribution < -0.4 is 5.32 Å². The highest BCUT2D eigenvalue weighted by atomic mass is 32.2. The third-order valence-electron chi connectivity index (χ3n) is 5.22. The standard InChI is InChI=1S/C24H31N3O2S/c1-4-20(15-25)21-6-5-17(2)23(14-21)30-18(3)27-24-13-19(7-10-26-24)16-29-22-8-11-28-12-9-22/h4-6,13-15,22,25H,3,7-12,16H2,1-2H3,(H,26,27)/b20-4+,25-15?. The Balaban J connectivity index is 1.57. The molecule has 0 radical (unpaired) electrons. The lowest BCUT2D eigenvalue weighted by atomic mass is 10.1. The summed E-state index contributed by atoms with van der Waals surface area (Å²) in [5, 5.41) is 11.8. The monoisotopic (exact) mass is 425 g/mol. The van der Waals surface area contributed by atoms with Crippen molar-refractivity contribution in [1.82, 2.24) is 5.32 Å². The van der Waals surface area contributed by atoms with Crippen molar-refractivity contribution in [2.45, 2.75) is 44.1 Å². The lowest BCUT2D eigenvalue weighted by Crippen LogP contribution is -2.26. The van der Waals surface area contributed by atoms with Gasteiger partial charge in [0, 0.05) is 30.9 Å². The second kappa shape index (κ2) is 11.3. The van der Waals surface area contributed by atoms with Crippen LogP contribution in [0.4, 0.5) is 0 Å². The topological polar surface area (TPSA) is 66.7 Å². The van der Waals surface area contributed by atoms with Gasteiger partial charge in [-0.05, 0) is 67.5 Å². The van der Waals surface area contributed by atoms with Crippen molar-refractivity contribution < 1.29 is 9.47 Å². The maximum absolute atomic E-state index is 7.58. The van der Waals surface area contributed by atoms with Crippen LogP contribution in [0.1, 0.15) is 37.3 Å². The van der Waals surface area contributed by atoms with Crippen molar-refractivity contribution in [1.29, 1.82) is 5.41 Å². The Bertz CT molecular complexity index is 867. The van der Waals surface area contributed by atoms with E-state index in [9.17, 15) is 0 Å². The first kappa shape index (κ1) is 22.5. The number of amidine groups is 1. The SMILES string of the molecule is C=C(NC1=NCCC(COC2CCOCC2)=C1)Sc1cc(/C(C=N)=C/C)ccc1C. The van der Waals surface area contributed by atoms with Crippen LogP contribution in [0.2, 0.25) is 0 Å². The van der Waals surface area contributed by atoms with Gasteiger partial charge in [0.2, 0.25) is 0 Å². The van der Waals surface area contributed by atoms with Crippen LogP contribution in [-0.2, 0) is 9.47 Å². The van der Waals surface area contributed by atoms with Crippen molar-refractivity contribution in [3.05, 3.63) is 58.7 Å². The first-order chi connectivity index (χ1) is 14.6. The zero-order chi connectivity index (χ0) is 21.3. The number of aryl methyl sites for hydroxylation is 1. The molecule has 3 rings (SSSR count). The smallest absolute Gasteiger partial charge is 0.125 e. The Morgan fingerprint density at radius 3 is 2.93 bits per heavy atom. The number of aliphatic imine (C=N–C) groups is 1. The molecule has 30 heavy (non-hydrogen) atoms. The number of nitrogens with one attached hydrogen (secondary N) is 2. The summed E-state index contributed by atoms with van der Waals surface area (Å²) in [6.45, 7) is 11.2. The van der Waals surface area contributed by atoms with Crippen LogP contribution in [0.15, 0.2) is 57.4 Å². The van der Waals surface area contributed by atoms with Crippen molar-refractivity contribution in [3.8, 4) is 0 Å². The predicted molar refractivity (Wildman–Crippen MR) is 127 cm³/mol. The summed E-state index contributed by atoms with van der Waals surface area (Å²) in [6, 6.07) is 6.25. The molecule has 1 saturated heterocycles. The Kier molecular flexibility index (Phi) is 8.49. The van der Waals surface area contributed by atoms with Crippen LogP contribution in [0.25, 0.3) is 5.57 Å². The number of benzene rings is 1. The van der Waals surface area contributed by atoms with Gasteiger partial charge in [0.05, 0.1) is 17.7 Å². The quantitative estimate of drug-likeness (QED) is 0.448. The molecule has 160 valence electrons. The highest BCUT2D eigenvalue weighted by molar-refractivity contribution is 8.03. The minimum absolute atomic E-state index is 0.304. The maximum atomic E-state index is 7.58. The number of nitrogens with zero attached hydrogens (tertiary/aromatic N) is 1. The largest absolute Gasteiger partial charge is 0.381 e. The van der Waals surface area contributed by atoms with E-state index in [1.54, 1.807) is 11.8 Å². The molecule has 0 bridgehead atoms. The normalized spacial score (nSPS) is 17.9. The molecule has 5 nitrogen and oxygen atoms in total. The molecule has 2 aliphatic rings. The van der Waals surface area contributed by atoms with Gasteiger partial charge in [0.25, 0.3) is 0 Å². The predicted octanol–water partition coefficient (Wildman–Crippen LogP) is 5.12. The fraction of sp³-hybridized carbons (Fsp3) is 0.417. The Labute approximate surface area is 183 Å². The maximum Gasteiger partial charge on any atom is 0.125 e. The molecule has 0 spiro atoms. The highest BCUT2D eigenvalue weighted by Crippen LogP contribution is 2.30. The lowest BCUT2D eigenvalue weighted by molar-refractivity contribution is -0.0246. The molecular weight excluding hydrogens is 394 g/mol. The second-order valence-corrected chi connectivity index (χ2v) is 8.60. The van der Waals surface area contributed by atoms with Crippen LogP contribution in [0.3, 0.4) is 0 Å². The molecule has 6 heteroatoms. The summed E-state index contributed by atoms with van der Waals surface area (Å²) in [5.41, 5.74) is 4.39. The summed E-state index contributed by atoms with van der Waals surface area (Å²) in [6.07, 6.45) is 8.62. The highest BCUT2D eigenvalue weighted by Gasteiger charge is 2.16. The average molecular weight is 426 g/mol. The first-order valence-corrected chi connectivity index (χ1v) is 11.3. The minimum atomic E-state index is 0.304. The van der Waals surface area contributed by atoms with E-state index in [0.717, 1.165) is 65.9 Å². The molecule has 0 aromatic heterocycles. The van der Waals surface area contributed by atoms with Crippen molar-refractivity contribution in [2.75, 3.05) is 26.4 Å². The minimum Gasteiger partial charge on any atom is -0.381 e. The number of rotatable bonds is 8. The Morgan fingerprint density at radius 2 is 2.20 bits per heavy atom. The van der Waals surface area contributed by atoms with Gasteiger partial charge in [-0.25, -0.2) is 0 Å². The average Bonchev–Trinajstić information content (AvgIpc) is 2.76. The van der Waals surface area contributed by atoms with E-state index in [1.807, 2.05) is 13.0 Å². The van der Waals surface area contributed by atoms with E-state index in [2.05, 4.69) is 48.1 Å². The third kappa shape index (κ3) is 6.42. The number of dihydropyridines is 1. The molecule has 2 N–H and O–H groups in total.